The number of nitrogens with zero attached hydrogens (tertiary/aromatic N) is 1. The topological polar surface area (TPSA) is 53.8 Å². The van der Waals surface area contributed by atoms with Crippen molar-refractivity contribution in [3.63, 3.8) is 0 Å². The molecule has 0 fully saturated rings. The Morgan fingerprint density at radius 1 is 1.30 bits per heavy atom. The number of hydrogen-bond acceptors (Lipinski definition) is 4. The molecule has 0 saturated heterocycles. The summed E-state index contributed by atoms with van der Waals surface area (Å²) in [7, 11) is 1.53. The Hall–Kier alpha value is -1.76. The standard InChI is InChI=1S/C15H15IN2O2/c1-10-5-3-4-6-13(10)18-17-9-11-7-12(16)15(19)14(8-11)20-2/h3-9,18-19H,1-2H3/b17-9+. The van der Waals surface area contributed by atoms with Crippen molar-refractivity contribution in [1.82, 2.24) is 0 Å². The predicted octanol–water partition coefficient (Wildman–Crippen LogP) is 3.76. The molecule has 4 nitrogen and oxygen atoms in total. The van der Waals surface area contributed by atoms with E-state index < -0.39 is 0 Å². The van der Waals surface area contributed by atoms with E-state index in [2.05, 4.69) is 33.1 Å². The van der Waals surface area contributed by atoms with Gasteiger partial charge in [0.1, 0.15) is 0 Å². The minimum Gasteiger partial charge on any atom is -0.504 e. The van der Waals surface area contributed by atoms with Crippen LogP contribution in [0.5, 0.6) is 11.5 Å². The third-order valence-electron chi connectivity index (χ3n) is 2.81. The zero-order valence-electron chi connectivity index (χ0n) is 11.2. The molecule has 0 aromatic heterocycles. The minimum absolute atomic E-state index is 0.150. The Kier molecular flexibility index (Phi) is 4.84. The highest BCUT2D eigenvalue weighted by molar-refractivity contribution is 14.1. The van der Waals surface area contributed by atoms with Gasteiger partial charge in [0.25, 0.3) is 0 Å². The van der Waals surface area contributed by atoms with Gasteiger partial charge in [0, 0.05) is 0 Å². The van der Waals surface area contributed by atoms with Crippen LogP contribution < -0.4 is 10.2 Å². The van der Waals surface area contributed by atoms with Crippen LogP contribution in [0, 0.1) is 10.5 Å². The van der Waals surface area contributed by atoms with Gasteiger partial charge in [-0.1, -0.05) is 18.2 Å². The summed E-state index contributed by atoms with van der Waals surface area (Å²) in [5.41, 5.74) is 5.94. The maximum absolute atomic E-state index is 9.77. The number of para-hydroxylation sites is 1. The summed E-state index contributed by atoms with van der Waals surface area (Å²) in [5, 5.41) is 14.0. The highest BCUT2D eigenvalue weighted by atomic mass is 127. The molecule has 0 aliphatic carbocycles. The summed E-state index contributed by atoms with van der Waals surface area (Å²) in [6, 6.07) is 11.5. The first-order chi connectivity index (χ1) is 9.61. The van der Waals surface area contributed by atoms with Crippen LogP contribution in [0.3, 0.4) is 0 Å². The number of methoxy groups -OCH3 is 1. The van der Waals surface area contributed by atoms with Gasteiger partial charge < -0.3 is 9.84 Å². The fourth-order valence-electron chi connectivity index (χ4n) is 1.70. The molecule has 0 atom stereocenters. The van der Waals surface area contributed by atoms with Crippen LogP contribution in [0.4, 0.5) is 5.69 Å². The molecule has 0 heterocycles. The van der Waals surface area contributed by atoms with Crippen molar-refractivity contribution in [2.75, 3.05) is 12.5 Å². The van der Waals surface area contributed by atoms with Gasteiger partial charge in [-0.25, -0.2) is 0 Å². The first kappa shape index (κ1) is 14.6. The molecule has 0 saturated carbocycles. The normalized spacial score (nSPS) is 10.8. The molecule has 5 heteroatoms. The molecule has 0 aliphatic heterocycles. The molecule has 20 heavy (non-hydrogen) atoms. The Labute approximate surface area is 131 Å². The number of benzene rings is 2. The molecule has 0 amide bonds. The van der Waals surface area contributed by atoms with Crippen LogP contribution in [0.1, 0.15) is 11.1 Å². The molecule has 2 rings (SSSR count). The largest absolute Gasteiger partial charge is 0.504 e. The fourth-order valence-corrected chi connectivity index (χ4v) is 2.32. The number of hydrogen-bond donors (Lipinski definition) is 2. The van der Waals surface area contributed by atoms with E-state index in [4.69, 9.17) is 4.74 Å². The molecule has 0 spiro atoms. The molecular weight excluding hydrogens is 367 g/mol. The van der Waals surface area contributed by atoms with Crippen LogP contribution in [0.15, 0.2) is 41.5 Å². The van der Waals surface area contributed by atoms with Crippen molar-refractivity contribution in [3.05, 3.63) is 51.1 Å². The summed E-state index contributed by atoms with van der Waals surface area (Å²) in [4.78, 5) is 0. The summed E-state index contributed by atoms with van der Waals surface area (Å²) >= 11 is 2.06. The van der Waals surface area contributed by atoms with Gasteiger partial charge in [-0.3, -0.25) is 5.43 Å². The number of rotatable bonds is 4. The number of ether oxygens (including phenoxy) is 1. The maximum atomic E-state index is 9.77. The van der Waals surface area contributed by atoms with E-state index in [9.17, 15) is 5.11 Å². The first-order valence-electron chi connectivity index (χ1n) is 6.03. The van der Waals surface area contributed by atoms with Crippen molar-refractivity contribution in [1.29, 1.82) is 0 Å². The van der Waals surface area contributed by atoms with Crippen LogP contribution in [-0.2, 0) is 0 Å². The minimum atomic E-state index is 0.150. The van der Waals surface area contributed by atoms with Crippen molar-refractivity contribution >= 4 is 34.5 Å². The first-order valence-corrected chi connectivity index (χ1v) is 7.11. The second kappa shape index (κ2) is 6.60. The lowest BCUT2D eigenvalue weighted by Crippen LogP contribution is -1.94. The fraction of sp³-hybridized carbons (Fsp3) is 0.133. The lowest BCUT2D eigenvalue weighted by molar-refractivity contribution is 0.371. The SMILES string of the molecule is COc1cc(/C=N/Nc2ccccc2C)cc(I)c1O. The van der Waals surface area contributed by atoms with E-state index in [1.807, 2.05) is 37.3 Å². The van der Waals surface area contributed by atoms with Gasteiger partial charge in [-0.2, -0.15) is 5.10 Å². The number of nitrogens with one attached hydrogen (secondary N) is 1. The lowest BCUT2D eigenvalue weighted by atomic mass is 10.2. The summed E-state index contributed by atoms with van der Waals surface area (Å²) < 4.78 is 5.83. The third kappa shape index (κ3) is 3.41. The van der Waals surface area contributed by atoms with E-state index in [0.717, 1.165) is 20.4 Å². The number of hydrazone groups is 1. The average molecular weight is 382 g/mol. The van der Waals surface area contributed by atoms with Crippen molar-refractivity contribution in [2.45, 2.75) is 6.92 Å². The number of halogens is 1. The zero-order valence-corrected chi connectivity index (χ0v) is 13.4. The molecule has 2 N–H and O–H groups in total. The van der Waals surface area contributed by atoms with Crippen molar-refractivity contribution in [3.8, 4) is 11.5 Å². The van der Waals surface area contributed by atoms with Gasteiger partial charge >= 0.3 is 0 Å². The maximum Gasteiger partial charge on any atom is 0.171 e. The Balaban J connectivity index is 2.16. The van der Waals surface area contributed by atoms with E-state index in [-0.39, 0.29) is 5.75 Å². The lowest BCUT2D eigenvalue weighted by Gasteiger charge is -2.07. The quantitative estimate of drug-likeness (QED) is 0.481. The molecule has 0 radical (unpaired) electrons. The van der Waals surface area contributed by atoms with E-state index >= 15 is 0 Å². The molecule has 0 unspecified atom stereocenters. The molecular formula is C15H15IN2O2. The van der Waals surface area contributed by atoms with Gasteiger partial charge in [0.05, 0.1) is 22.6 Å². The number of phenols is 1. The smallest absolute Gasteiger partial charge is 0.171 e. The van der Waals surface area contributed by atoms with Crippen LogP contribution in [0.2, 0.25) is 0 Å². The predicted molar refractivity (Wildman–Crippen MR) is 89.8 cm³/mol. The molecule has 104 valence electrons. The highest BCUT2D eigenvalue weighted by Gasteiger charge is 2.07. The van der Waals surface area contributed by atoms with Crippen LogP contribution in [0.25, 0.3) is 0 Å². The zero-order chi connectivity index (χ0) is 14.5. The van der Waals surface area contributed by atoms with Crippen LogP contribution in [-0.4, -0.2) is 18.4 Å². The van der Waals surface area contributed by atoms with Crippen LogP contribution >= 0.6 is 22.6 Å². The Morgan fingerprint density at radius 3 is 2.75 bits per heavy atom. The Morgan fingerprint density at radius 2 is 2.05 bits per heavy atom. The second-order valence-corrected chi connectivity index (χ2v) is 5.40. The number of anilines is 1. The van der Waals surface area contributed by atoms with Gasteiger partial charge in [-0.05, 0) is 58.8 Å². The van der Waals surface area contributed by atoms with E-state index in [0.29, 0.717) is 5.75 Å². The van der Waals surface area contributed by atoms with Gasteiger partial charge in [-0.15, -0.1) is 0 Å². The van der Waals surface area contributed by atoms with Crippen molar-refractivity contribution < 1.29 is 9.84 Å². The summed E-state index contributed by atoms with van der Waals surface area (Å²) in [5.74, 6) is 0.589. The molecule has 2 aromatic rings. The average Bonchev–Trinajstić information content (AvgIpc) is 2.44. The van der Waals surface area contributed by atoms with Gasteiger partial charge in [0.2, 0.25) is 0 Å². The highest BCUT2D eigenvalue weighted by Crippen LogP contribution is 2.31. The summed E-state index contributed by atoms with van der Waals surface area (Å²) in [6.07, 6.45) is 1.69. The second-order valence-electron chi connectivity index (χ2n) is 4.24. The van der Waals surface area contributed by atoms with Gasteiger partial charge in [0.15, 0.2) is 11.5 Å². The van der Waals surface area contributed by atoms with E-state index in [1.165, 1.54) is 7.11 Å². The number of aryl methyl sites for hydroxylation is 1. The number of aromatic hydroxyl groups is 1. The summed E-state index contributed by atoms with van der Waals surface area (Å²) in [6.45, 7) is 2.02. The molecule has 0 bridgehead atoms. The third-order valence-corrected chi connectivity index (χ3v) is 3.64. The monoisotopic (exact) mass is 382 g/mol. The molecule has 0 aliphatic rings. The Bertz CT molecular complexity index is 642. The number of phenolic OH excluding ortho intramolecular Hbond substituents is 1. The molecule has 2 aromatic carbocycles. The van der Waals surface area contributed by atoms with E-state index in [1.54, 1.807) is 12.3 Å². The van der Waals surface area contributed by atoms with Crippen molar-refractivity contribution in [2.24, 2.45) is 5.10 Å².